The standard InChI is InChI=1S/C12H15BrN2O2S/c1-12(2,18(3,16)17)8-15-11-5-4-9(7-14)6-10(11)13/h4-6,15H,8H2,1-3H3. The molecule has 0 unspecified atom stereocenters. The van der Waals surface area contributed by atoms with Gasteiger partial charge in [-0.25, -0.2) is 8.42 Å². The van der Waals surface area contributed by atoms with Crippen LogP contribution in [-0.4, -0.2) is 26.0 Å². The van der Waals surface area contributed by atoms with E-state index in [1.54, 1.807) is 32.0 Å². The summed E-state index contributed by atoms with van der Waals surface area (Å²) in [6.45, 7) is 3.65. The van der Waals surface area contributed by atoms with Crippen molar-refractivity contribution in [1.82, 2.24) is 0 Å². The molecule has 0 aliphatic carbocycles. The summed E-state index contributed by atoms with van der Waals surface area (Å²) in [5.41, 5.74) is 1.32. The first-order chi connectivity index (χ1) is 8.17. The average Bonchev–Trinajstić information content (AvgIpc) is 2.25. The maximum Gasteiger partial charge on any atom is 0.154 e. The van der Waals surface area contributed by atoms with Gasteiger partial charge in [0, 0.05) is 23.0 Å². The third kappa shape index (κ3) is 3.47. The molecule has 1 aromatic carbocycles. The largest absolute Gasteiger partial charge is 0.383 e. The van der Waals surface area contributed by atoms with Crippen molar-refractivity contribution in [3.05, 3.63) is 28.2 Å². The molecule has 6 heteroatoms. The molecule has 0 saturated heterocycles. The van der Waals surface area contributed by atoms with Crippen molar-refractivity contribution in [2.75, 3.05) is 18.1 Å². The SMILES string of the molecule is CC(C)(CNc1ccc(C#N)cc1Br)S(C)(=O)=O. The average molecular weight is 331 g/mol. The summed E-state index contributed by atoms with van der Waals surface area (Å²) in [7, 11) is -3.13. The topological polar surface area (TPSA) is 70.0 Å². The molecule has 0 bridgehead atoms. The summed E-state index contributed by atoms with van der Waals surface area (Å²) in [6.07, 6.45) is 1.22. The normalized spacial score (nSPS) is 11.9. The predicted molar refractivity (Wildman–Crippen MR) is 76.3 cm³/mol. The molecule has 18 heavy (non-hydrogen) atoms. The zero-order valence-electron chi connectivity index (χ0n) is 10.5. The first-order valence-corrected chi connectivity index (χ1v) is 7.99. The highest BCUT2D eigenvalue weighted by molar-refractivity contribution is 9.10. The minimum atomic E-state index is -3.13. The molecule has 0 saturated carbocycles. The smallest absolute Gasteiger partial charge is 0.154 e. The van der Waals surface area contributed by atoms with Crippen molar-refractivity contribution in [1.29, 1.82) is 5.26 Å². The lowest BCUT2D eigenvalue weighted by atomic mass is 10.2. The molecule has 98 valence electrons. The van der Waals surface area contributed by atoms with E-state index in [1.807, 2.05) is 6.07 Å². The van der Waals surface area contributed by atoms with Crippen LogP contribution in [0.4, 0.5) is 5.69 Å². The Morgan fingerprint density at radius 3 is 2.50 bits per heavy atom. The van der Waals surface area contributed by atoms with Gasteiger partial charge in [-0.15, -0.1) is 0 Å². The number of sulfone groups is 1. The monoisotopic (exact) mass is 330 g/mol. The van der Waals surface area contributed by atoms with Crippen molar-refractivity contribution in [3.8, 4) is 6.07 Å². The van der Waals surface area contributed by atoms with Gasteiger partial charge < -0.3 is 5.32 Å². The van der Waals surface area contributed by atoms with Gasteiger partial charge in [-0.1, -0.05) is 0 Å². The van der Waals surface area contributed by atoms with Crippen LogP contribution >= 0.6 is 15.9 Å². The van der Waals surface area contributed by atoms with Crippen LogP contribution in [0.25, 0.3) is 0 Å². The van der Waals surface area contributed by atoms with Gasteiger partial charge in [0.05, 0.1) is 16.4 Å². The molecule has 0 amide bonds. The molecule has 0 spiro atoms. The second kappa shape index (κ2) is 5.29. The Balaban J connectivity index is 2.86. The van der Waals surface area contributed by atoms with Crippen LogP contribution in [0.3, 0.4) is 0 Å². The zero-order chi connectivity index (χ0) is 14.0. The Bertz CT molecular complexity index is 589. The van der Waals surface area contributed by atoms with Crippen LogP contribution in [0.1, 0.15) is 19.4 Å². The maximum atomic E-state index is 11.6. The van der Waals surface area contributed by atoms with Crippen LogP contribution in [0.2, 0.25) is 0 Å². The van der Waals surface area contributed by atoms with Crippen molar-refractivity contribution in [3.63, 3.8) is 0 Å². The van der Waals surface area contributed by atoms with Gasteiger partial charge in [0.1, 0.15) is 0 Å². The maximum absolute atomic E-state index is 11.6. The molecule has 0 aliphatic rings. The number of nitrogens with zero attached hydrogens (tertiary/aromatic N) is 1. The van der Waals surface area contributed by atoms with E-state index in [0.717, 1.165) is 10.2 Å². The lowest BCUT2D eigenvalue weighted by Gasteiger charge is -2.23. The van der Waals surface area contributed by atoms with Crippen LogP contribution in [0, 0.1) is 11.3 Å². The number of hydrogen-bond donors (Lipinski definition) is 1. The molecule has 0 heterocycles. The predicted octanol–water partition coefficient (Wildman–Crippen LogP) is 2.56. The minimum absolute atomic E-state index is 0.302. The van der Waals surface area contributed by atoms with Crippen LogP contribution in [-0.2, 0) is 9.84 Å². The molecular weight excluding hydrogens is 316 g/mol. The quantitative estimate of drug-likeness (QED) is 0.920. The summed E-state index contributed by atoms with van der Waals surface area (Å²) in [6, 6.07) is 7.16. The van der Waals surface area contributed by atoms with E-state index in [1.165, 1.54) is 6.26 Å². The first-order valence-electron chi connectivity index (χ1n) is 5.30. The van der Waals surface area contributed by atoms with Crippen molar-refractivity contribution >= 4 is 31.5 Å². The van der Waals surface area contributed by atoms with E-state index in [-0.39, 0.29) is 0 Å². The molecule has 0 atom stereocenters. The summed E-state index contributed by atoms with van der Waals surface area (Å²) >= 11 is 3.34. The van der Waals surface area contributed by atoms with E-state index < -0.39 is 14.6 Å². The van der Waals surface area contributed by atoms with Gasteiger partial charge in [0.25, 0.3) is 0 Å². The van der Waals surface area contributed by atoms with Crippen molar-refractivity contribution in [2.45, 2.75) is 18.6 Å². The minimum Gasteiger partial charge on any atom is -0.383 e. The third-order valence-electron chi connectivity index (χ3n) is 2.81. The summed E-state index contributed by atoms with van der Waals surface area (Å²) < 4.78 is 23.0. The van der Waals surface area contributed by atoms with Gasteiger partial charge in [0.2, 0.25) is 0 Å². The van der Waals surface area contributed by atoms with Gasteiger partial charge in [-0.3, -0.25) is 0 Å². The fraction of sp³-hybridized carbons (Fsp3) is 0.417. The number of anilines is 1. The Kier molecular flexibility index (Phi) is 4.41. The second-order valence-corrected chi connectivity index (χ2v) is 8.20. The van der Waals surface area contributed by atoms with Gasteiger partial charge >= 0.3 is 0 Å². The van der Waals surface area contributed by atoms with E-state index in [0.29, 0.717) is 12.1 Å². The van der Waals surface area contributed by atoms with Crippen LogP contribution < -0.4 is 5.32 Å². The lowest BCUT2D eigenvalue weighted by molar-refractivity contribution is 0.560. The van der Waals surface area contributed by atoms with Crippen LogP contribution in [0.5, 0.6) is 0 Å². The Labute approximate surface area is 116 Å². The van der Waals surface area contributed by atoms with E-state index in [4.69, 9.17) is 5.26 Å². The molecule has 1 N–H and O–H groups in total. The molecule has 1 rings (SSSR count). The highest BCUT2D eigenvalue weighted by Gasteiger charge is 2.29. The van der Waals surface area contributed by atoms with Crippen LogP contribution in [0.15, 0.2) is 22.7 Å². The summed E-state index contributed by atoms with van der Waals surface area (Å²) in [4.78, 5) is 0. The third-order valence-corrected chi connectivity index (χ3v) is 5.61. The van der Waals surface area contributed by atoms with Gasteiger partial charge in [-0.05, 0) is 48.0 Å². The Morgan fingerprint density at radius 2 is 2.06 bits per heavy atom. The van der Waals surface area contributed by atoms with E-state index in [2.05, 4.69) is 21.2 Å². The van der Waals surface area contributed by atoms with Crippen molar-refractivity contribution < 1.29 is 8.42 Å². The molecular formula is C12H15BrN2O2S. The molecule has 0 radical (unpaired) electrons. The fourth-order valence-electron chi connectivity index (χ4n) is 1.17. The molecule has 0 fully saturated rings. The molecule has 0 aromatic heterocycles. The summed E-state index contributed by atoms with van der Waals surface area (Å²) in [5, 5.41) is 11.8. The highest BCUT2D eigenvalue weighted by atomic mass is 79.9. The number of benzene rings is 1. The zero-order valence-corrected chi connectivity index (χ0v) is 12.9. The summed E-state index contributed by atoms with van der Waals surface area (Å²) in [5.74, 6) is 0. The lowest BCUT2D eigenvalue weighted by Crippen LogP contribution is -2.38. The number of nitriles is 1. The number of halogens is 1. The number of nitrogens with one attached hydrogen (secondary N) is 1. The second-order valence-electron chi connectivity index (χ2n) is 4.69. The first kappa shape index (κ1) is 15.0. The van der Waals surface area contributed by atoms with E-state index in [9.17, 15) is 8.42 Å². The highest BCUT2D eigenvalue weighted by Crippen LogP contribution is 2.25. The number of rotatable bonds is 4. The number of hydrogen-bond acceptors (Lipinski definition) is 4. The molecule has 4 nitrogen and oxygen atoms in total. The Morgan fingerprint density at radius 1 is 1.44 bits per heavy atom. The fourth-order valence-corrected chi connectivity index (χ4v) is 2.02. The van der Waals surface area contributed by atoms with E-state index >= 15 is 0 Å². The Hall–Kier alpha value is -1.06. The van der Waals surface area contributed by atoms with Gasteiger partial charge in [0.15, 0.2) is 9.84 Å². The van der Waals surface area contributed by atoms with Crippen molar-refractivity contribution in [2.24, 2.45) is 0 Å². The van der Waals surface area contributed by atoms with Gasteiger partial charge in [-0.2, -0.15) is 5.26 Å². The molecule has 1 aromatic rings. The molecule has 0 aliphatic heterocycles.